The van der Waals surface area contributed by atoms with Crippen molar-refractivity contribution >= 4 is 77.1 Å². The van der Waals surface area contributed by atoms with E-state index in [0.717, 1.165) is 22.6 Å². The first kappa shape index (κ1) is 79.8. The molecule has 0 fully saturated rings. The Morgan fingerprint density at radius 2 is 0.782 bits per heavy atom. The molecule has 0 aromatic rings. The summed E-state index contributed by atoms with van der Waals surface area (Å²) < 4.78 is 21.4. The topological polar surface area (TPSA) is 494 Å². The summed E-state index contributed by atoms with van der Waals surface area (Å²) in [6, 6.07) is -2.42. The van der Waals surface area contributed by atoms with Crippen molar-refractivity contribution in [2.45, 2.75) is 116 Å². The highest BCUT2D eigenvalue weighted by molar-refractivity contribution is 5.88. The van der Waals surface area contributed by atoms with Crippen molar-refractivity contribution in [3.63, 3.8) is 0 Å². The van der Waals surface area contributed by atoms with E-state index in [0.29, 0.717) is 45.1 Å². The van der Waals surface area contributed by atoms with Crippen LogP contribution in [0.15, 0.2) is 0 Å². The highest BCUT2D eigenvalue weighted by atomic mass is 16.5. The van der Waals surface area contributed by atoms with Crippen LogP contribution in [-0.4, -0.2) is 267 Å². The number of amides is 8. The average Bonchev–Trinajstić information content (AvgIpc) is 3.59. The fourth-order valence-electron chi connectivity index (χ4n) is 8.10. The second-order valence-corrected chi connectivity index (χ2v) is 20.5. The first-order valence-corrected chi connectivity index (χ1v) is 29.1. The van der Waals surface area contributed by atoms with Gasteiger partial charge in [0.05, 0.1) is 65.8 Å². The fraction of sp³-hybridized carbons (Fsp3) is 0.759. The number of carbonyl (C=O) groups excluding carboxylic acids is 8. The maximum absolute atomic E-state index is 13.3. The molecule has 0 saturated heterocycles. The summed E-state index contributed by atoms with van der Waals surface area (Å²) in [5, 5.41) is 63.5. The number of primary amides is 2. The fourth-order valence-corrected chi connectivity index (χ4v) is 8.10. The molecule has 0 radical (unpaired) electrons. The number of aliphatic carboxylic acids is 5. The van der Waals surface area contributed by atoms with Gasteiger partial charge in [-0.2, -0.15) is 0 Å². The van der Waals surface area contributed by atoms with Crippen LogP contribution in [0.4, 0.5) is 0 Å². The zero-order chi connectivity index (χ0) is 65.4. The molecule has 87 heavy (non-hydrogen) atoms. The van der Waals surface area contributed by atoms with Crippen LogP contribution in [0.5, 0.6) is 0 Å². The summed E-state index contributed by atoms with van der Waals surface area (Å²) >= 11 is 0. The lowest BCUT2D eigenvalue weighted by Crippen LogP contribution is -2.50. The lowest BCUT2D eigenvalue weighted by atomic mass is 10.0. The second-order valence-electron chi connectivity index (χ2n) is 20.5. The molecule has 0 aliphatic rings. The third-order valence-electron chi connectivity index (χ3n) is 13.0. The maximum atomic E-state index is 13.3. The van der Waals surface area contributed by atoms with Gasteiger partial charge in [0.1, 0.15) is 25.3 Å². The molecule has 33 nitrogen and oxygen atoms in total. The van der Waals surface area contributed by atoms with Gasteiger partial charge in [0.2, 0.25) is 47.3 Å². The van der Waals surface area contributed by atoms with Gasteiger partial charge in [-0.3, -0.25) is 77.0 Å². The van der Waals surface area contributed by atoms with Crippen molar-refractivity contribution in [2.75, 3.05) is 138 Å². The Kier molecular flexibility index (Phi) is 45.8. The molecule has 498 valence electrons. The number of hydrogen-bond acceptors (Lipinski definition) is 20. The zero-order valence-corrected chi connectivity index (χ0v) is 50.2. The minimum atomic E-state index is -1.43. The van der Waals surface area contributed by atoms with Crippen LogP contribution in [-0.2, 0) is 81.3 Å². The van der Waals surface area contributed by atoms with Crippen molar-refractivity contribution < 1.29 is 107 Å². The van der Waals surface area contributed by atoms with Crippen LogP contribution in [0.2, 0.25) is 0 Å². The number of unbranched alkanes of at least 4 members (excludes halogenated alkanes) is 3. The predicted molar refractivity (Wildman–Crippen MR) is 308 cm³/mol. The summed E-state index contributed by atoms with van der Waals surface area (Å²) in [6.45, 7) is 1.51. The summed E-state index contributed by atoms with van der Waals surface area (Å²) in [5.74, 6) is -10.7. The Morgan fingerprint density at radius 3 is 1.22 bits per heavy atom. The molecule has 0 unspecified atom stereocenters. The van der Waals surface area contributed by atoms with Crippen LogP contribution >= 0.6 is 0 Å². The molecule has 4 atom stereocenters. The SMILES string of the molecule is C[C@@H](CCCCNC(=O)COCCOCCNC(=O)COCCOCCNC(=O)CCCC(=O)N[C@@H](CCCCNC(=O)CC[C@@H](C(=O)O)N(CCN(CC(=O)O)CC(=O)O)CCN(CC(=O)O)CC(=O)O)C(=O)NCCCC[C@H](C)C(N)=O)C(N)=O. The van der Waals surface area contributed by atoms with E-state index in [1.165, 1.54) is 4.90 Å². The van der Waals surface area contributed by atoms with Crippen molar-refractivity contribution in [1.82, 2.24) is 46.6 Å². The van der Waals surface area contributed by atoms with Crippen molar-refractivity contribution in [3.8, 4) is 0 Å². The van der Waals surface area contributed by atoms with Crippen LogP contribution < -0.4 is 43.4 Å². The van der Waals surface area contributed by atoms with E-state index in [4.69, 9.17) is 30.4 Å². The monoisotopic (exact) mass is 1250 g/mol. The number of nitrogens with one attached hydrogen (secondary N) is 6. The molecule has 0 aliphatic heterocycles. The van der Waals surface area contributed by atoms with E-state index in [1.807, 2.05) is 0 Å². The molecule has 0 aromatic carbocycles. The Balaban J connectivity index is 4.93. The van der Waals surface area contributed by atoms with Gasteiger partial charge in [-0.25, -0.2) is 0 Å². The Bertz CT molecular complexity index is 2050. The van der Waals surface area contributed by atoms with Crippen LogP contribution in [0.1, 0.15) is 104 Å². The van der Waals surface area contributed by atoms with Crippen LogP contribution in [0.25, 0.3) is 0 Å². The maximum Gasteiger partial charge on any atom is 0.320 e. The van der Waals surface area contributed by atoms with E-state index in [-0.39, 0.29) is 179 Å². The number of ether oxygens (including phenoxy) is 4. The van der Waals surface area contributed by atoms with E-state index in [1.54, 1.807) is 13.8 Å². The van der Waals surface area contributed by atoms with E-state index < -0.39 is 91.7 Å². The molecule has 0 aromatic heterocycles. The number of carboxylic acids is 5. The number of rotatable bonds is 58. The minimum Gasteiger partial charge on any atom is -0.480 e. The summed E-state index contributed by atoms with van der Waals surface area (Å²) in [4.78, 5) is 160. The summed E-state index contributed by atoms with van der Waals surface area (Å²) in [6.07, 6.45) is 3.99. The molecule has 33 heteroatoms. The Labute approximate surface area is 506 Å². The van der Waals surface area contributed by atoms with E-state index >= 15 is 0 Å². The minimum absolute atomic E-state index is 0.00582. The van der Waals surface area contributed by atoms with Gasteiger partial charge in [0.15, 0.2) is 0 Å². The van der Waals surface area contributed by atoms with Crippen molar-refractivity contribution in [2.24, 2.45) is 23.3 Å². The summed E-state index contributed by atoms with van der Waals surface area (Å²) in [5.41, 5.74) is 10.6. The van der Waals surface area contributed by atoms with Gasteiger partial charge in [-0.1, -0.05) is 26.7 Å². The van der Waals surface area contributed by atoms with Gasteiger partial charge < -0.3 is 87.8 Å². The first-order valence-electron chi connectivity index (χ1n) is 29.1. The lowest BCUT2D eigenvalue weighted by Gasteiger charge is -2.32. The van der Waals surface area contributed by atoms with Gasteiger partial charge in [-0.05, 0) is 57.8 Å². The van der Waals surface area contributed by atoms with E-state index in [9.17, 15) is 87.9 Å². The highest BCUT2D eigenvalue weighted by Crippen LogP contribution is 2.12. The highest BCUT2D eigenvalue weighted by Gasteiger charge is 2.29. The van der Waals surface area contributed by atoms with Crippen LogP contribution in [0, 0.1) is 11.8 Å². The summed E-state index contributed by atoms with van der Waals surface area (Å²) in [7, 11) is 0. The predicted octanol–water partition coefficient (Wildman–Crippen LogP) is -3.48. The van der Waals surface area contributed by atoms with Gasteiger partial charge >= 0.3 is 29.8 Å². The quantitative estimate of drug-likeness (QED) is 0.0263. The molecule has 0 bridgehead atoms. The van der Waals surface area contributed by atoms with Gasteiger partial charge in [-0.15, -0.1) is 0 Å². The lowest BCUT2D eigenvalue weighted by molar-refractivity contribution is -0.146. The smallest absolute Gasteiger partial charge is 0.320 e. The van der Waals surface area contributed by atoms with Crippen LogP contribution in [0.3, 0.4) is 0 Å². The molecule has 0 spiro atoms. The van der Waals surface area contributed by atoms with E-state index in [2.05, 4.69) is 31.9 Å². The Hall–Kier alpha value is -7.17. The van der Waals surface area contributed by atoms with Crippen molar-refractivity contribution in [3.05, 3.63) is 0 Å². The number of nitrogens with two attached hydrogens (primary N) is 2. The molecule has 15 N–H and O–H groups in total. The average molecular weight is 1250 g/mol. The second kappa shape index (κ2) is 49.9. The standard InChI is InChI=1S/C54H95N11O22/c1-38(51(55)79)10-3-6-18-58-45(69)36-86-30-29-85-27-21-60-46(70)37-87-31-28-84-26-20-59-42(66)13-9-14-44(68)62-40(53(81)61-19-7-4-11-39(2)52(56)80)12-5-8-17-57-43(67)16-15-41(54(82)83)65(24-22-63(32-47(71)72)33-48(73)74)25-23-64(34-49(75)76)35-50(77)78/h38-41H,3-37H2,1-2H3,(H2,55,79)(H2,56,80)(H,57,67)(H,58,69)(H,59,66)(H,60,70)(H,61,81)(H,62,68)(H,71,72)(H,73,74)(H,75,76)(H,77,78)(H,82,83)/t38-,39-,40-,41-/m0/s1. The van der Waals surface area contributed by atoms with Crippen molar-refractivity contribution in [1.29, 1.82) is 0 Å². The largest absolute Gasteiger partial charge is 0.480 e. The third-order valence-corrected chi connectivity index (χ3v) is 13.0. The van der Waals surface area contributed by atoms with Gasteiger partial charge in [0, 0.05) is 90.0 Å². The number of carboxylic acid groups (broad SMARTS) is 5. The number of carbonyl (C=O) groups is 13. The van der Waals surface area contributed by atoms with Gasteiger partial charge in [0.25, 0.3) is 0 Å². The third kappa shape index (κ3) is 46.7. The molecule has 8 amide bonds. The zero-order valence-electron chi connectivity index (χ0n) is 50.2. The molecule has 0 rings (SSSR count). The molecule has 0 heterocycles. The molecular formula is C54H95N11O22. The number of nitrogens with zero attached hydrogens (tertiary/aromatic N) is 3. The first-order chi connectivity index (χ1) is 41.3. The molecular weight excluding hydrogens is 1150 g/mol. The number of hydrogen-bond donors (Lipinski definition) is 13. The molecule has 0 saturated carbocycles. The molecule has 0 aliphatic carbocycles. The normalized spacial score (nSPS) is 12.6. The Morgan fingerprint density at radius 1 is 0.402 bits per heavy atom.